The van der Waals surface area contributed by atoms with Gasteiger partial charge in [0.25, 0.3) is 0 Å². The molecular formula is C51H34N2. The minimum absolute atomic E-state index is 0.921. The van der Waals surface area contributed by atoms with Crippen LogP contribution in [-0.2, 0) is 0 Å². The molecule has 0 aliphatic carbocycles. The lowest BCUT2D eigenvalue weighted by Crippen LogP contribution is -1.97. The standard InChI is InChI=1S/C51H34N2/c1-4-15-35(16-5-1)37-27-29-38(30-28-37)49-43-23-10-12-25-45(43)50(46-26-13-11-24-44(46)49)40-31-32-48-47(34-40)52-51(53(48)42-21-8-3-9-22-42)41-20-14-19-39(33-41)36-17-6-2-7-18-36/h1-34H. The van der Waals surface area contributed by atoms with Crippen molar-refractivity contribution in [3.05, 3.63) is 206 Å². The summed E-state index contributed by atoms with van der Waals surface area (Å²) in [5, 5.41) is 4.93. The van der Waals surface area contributed by atoms with Crippen LogP contribution >= 0.6 is 0 Å². The molecule has 9 aromatic carbocycles. The molecule has 0 N–H and O–H groups in total. The molecule has 0 aliphatic rings. The molecule has 0 atom stereocenters. The number of imidazole rings is 1. The highest BCUT2D eigenvalue weighted by atomic mass is 15.1. The number of hydrogen-bond acceptors (Lipinski definition) is 1. The number of hydrogen-bond donors (Lipinski definition) is 0. The van der Waals surface area contributed by atoms with Gasteiger partial charge in [-0.25, -0.2) is 4.98 Å². The van der Waals surface area contributed by atoms with Crippen molar-refractivity contribution in [2.75, 3.05) is 0 Å². The number of nitrogens with zero attached hydrogens (tertiary/aromatic N) is 2. The third-order valence-corrected chi connectivity index (χ3v) is 10.4. The Hall–Kier alpha value is -7.03. The van der Waals surface area contributed by atoms with Gasteiger partial charge in [-0.3, -0.25) is 4.57 Å². The molecule has 2 heteroatoms. The van der Waals surface area contributed by atoms with E-state index in [0.29, 0.717) is 0 Å². The predicted octanol–water partition coefficient (Wildman–Crippen LogP) is 13.7. The van der Waals surface area contributed by atoms with Crippen LogP contribution in [0.2, 0.25) is 0 Å². The van der Waals surface area contributed by atoms with Crippen molar-refractivity contribution in [1.29, 1.82) is 0 Å². The number of benzene rings is 9. The van der Waals surface area contributed by atoms with E-state index < -0.39 is 0 Å². The number of rotatable bonds is 6. The van der Waals surface area contributed by atoms with Gasteiger partial charge in [0.1, 0.15) is 5.82 Å². The molecule has 53 heavy (non-hydrogen) atoms. The van der Waals surface area contributed by atoms with Crippen molar-refractivity contribution in [2.45, 2.75) is 0 Å². The van der Waals surface area contributed by atoms with Crippen LogP contribution in [0.4, 0.5) is 0 Å². The summed E-state index contributed by atoms with van der Waals surface area (Å²) in [6, 6.07) is 73.9. The van der Waals surface area contributed by atoms with Crippen molar-refractivity contribution in [1.82, 2.24) is 9.55 Å². The van der Waals surface area contributed by atoms with Gasteiger partial charge >= 0.3 is 0 Å². The monoisotopic (exact) mass is 674 g/mol. The largest absolute Gasteiger partial charge is 0.292 e. The van der Waals surface area contributed by atoms with Crippen LogP contribution < -0.4 is 0 Å². The summed E-state index contributed by atoms with van der Waals surface area (Å²) >= 11 is 0. The first-order chi connectivity index (χ1) is 26.3. The molecule has 10 aromatic rings. The second-order valence-corrected chi connectivity index (χ2v) is 13.5. The molecule has 0 aliphatic heterocycles. The van der Waals surface area contributed by atoms with Gasteiger partial charge in [-0.15, -0.1) is 0 Å². The molecule has 0 radical (unpaired) electrons. The Kier molecular flexibility index (Phi) is 7.51. The Bertz CT molecular complexity index is 2850. The van der Waals surface area contributed by atoms with Crippen molar-refractivity contribution < 1.29 is 0 Å². The van der Waals surface area contributed by atoms with Crippen LogP contribution in [0.25, 0.3) is 94.2 Å². The molecule has 0 fully saturated rings. The average Bonchev–Trinajstić information content (AvgIpc) is 3.63. The smallest absolute Gasteiger partial charge is 0.145 e. The molecule has 0 spiro atoms. The zero-order chi connectivity index (χ0) is 35.1. The lowest BCUT2D eigenvalue weighted by molar-refractivity contribution is 1.10. The first-order valence-corrected chi connectivity index (χ1v) is 18.1. The summed E-state index contributed by atoms with van der Waals surface area (Å²) in [5.74, 6) is 0.921. The highest BCUT2D eigenvalue weighted by Gasteiger charge is 2.20. The van der Waals surface area contributed by atoms with Crippen LogP contribution in [0.3, 0.4) is 0 Å². The summed E-state index contributed by atoms with van der Waals surface area (Å²) in [6.07, 6.45) is 0. The minimum Gasteiger partial charge on any atom is -0.292 e. The summed E-state index contributed by atoms with van der Waals surface area (Å²) in [4.78, 5) is 5.40. The molecular weight excluding hydrogens is 641 g/mol. The SMILES string of the molecule is c1ccc(-c2ccc(-c3c4ccccc4c(-c4ccc5c(c4)nc(-c4cccc(-c6ccccc6)c4)n5-c4ccccc4)c4ccccc34)cc2)cc1. The lowest BCUT2D eigenvalue weighted by Gasteiger charge is -2.18. The van der Waals surface area contributed by atoms with Crippen LogP contribution in [0.15, 0.2) is 206 Å². The van der Waals surface area contributed by atoms with Crippen molar-refractivity contribution >= 4 is 32.6 Å². The van der Waals surface area contributed by atoms with Crippen LogP contribution in [0, 0.1) is 0 Å². The van der Waals surface area contributed by atoms with Crippen molar-refractivity contribution in [2.24, 2.45) is 0 Å². The fourth-order valence-corrected chi connectivity index (χ4v) is 7.95. The molecule has 0 bridgehead atoms. The van der Waals surface area contributed by atoms with E-state index in [-0.39, 0.29) is 0 Å². The molecule has 0 saturated heterocycles. The Morgan fingerprint density at radius 2 is 0.736 bits per heavy atom. The van der Waals surface area contributed by atoms with E-state index in [0.717, 1.165) is 33.7 Å². The third-order valence-electron chi connectivity index (χ3n) is 10.4. The van der Waals surface area contributed by atoms with Gasteiger partial charge in [0.2, 0.25) is 0 Å². The van der Waals surface area contributed by atoms with E-state index in [1.165, 1.54) is 60.5 Å². The quantitative estimate of drug-likeness (QED) is 0.161. The third kappa shape index (κ3) is 5.40. The lowest BCUT2D eigenvalue weighted by atomic mass is 9.85. The van der Waals surface area contributed by atoms with Crippen molar-refractivity contribution in [3.8, 4) is 61.6 Å². The Balaban J connectivity index is 1.17. The predicted molar refractivity (Wildman–Crippen MR) is 223 cm³/mol. The van der Waals surface area contributed by atoms with E-state index in [1.54, 1.807) is 0 Å². The van der Waals surface area contributed by atoms with Gasteiger partial charge in [-0.05, 0) is 96.4 Å². The van der Waals surface area contributed by atoms with Gasteiger partial charge in [0, 0.05) is 11.3 Å². The highest BCUT2D eigenvalue weighted by Crippen LogP contribution is 2.44. The van der Waals surface area contributed by atoms with Gasteiger partial charge < -0.3 is 0 Å². The van der Waals surface area contributed by atoms with Gasteiger partial charge in [-0.2, -0.15) is 0 Å². The van der Waals surface area contributed by atoms with E-state index in [2.05, 4.69) is 211 Å². The molecule has 0 unspecified atom stereocenters. The Morgan fingerprint density at radius 1 is 0.302 bits per heavy atom. The summed E-state index contributed by atoms with van der Waals surface area (Å²) < 4.78 is 2.29. The summed E-state index contributed by atoms with van der Waals surface area (Å²) in [7, 11) is 0. The average molecular weight is 675 g/mol. The molecule has 1 aromatic heterocycles. The molecule has 0 amide bonds. The van der Waals surface area contributed by atoms with E-state index in [1.807, 2.05) is 0 Å². The first kappa shape index (κ1) is 30.8. The maximum Gasteiger partial charge on any atom is 0.145 e. The molecule has 248 valence electrons. The maximum atomic E-state index is 5.40. The van der Waals surface area contributed by atoms with E-state index >= 15 is 0 Å². The van der Waals surface area contributed by atoms with Crippen LogP contribution in [0.5, 0.6) is 0 Å². The van der Waals surface area contributed by atoms with Crippen LogP contribution in [-0.4, -0.2) is 9.55 Å². The van der Waals surface area contributed by atoms with Crippen LogP contribution in [0.1, 0.15) is 0 Å². The van der Waals surface area contributed by atoms with Gasteiger partial charge in [-0.1, -0.05) is 176 Å². The first-order valence-electron chi connectivity index (χ1n) is 18.1. The Morgan fingerprint density at radius 3 is 1.34 bits per heavy atom. The highest BCUT2D eigenvalue weighted by molar-refractivity contribution is 6.21. The molecule has 2 nitrogen and oxygen atoms in total. The number of aromatic nitrogens is 2. The number of para-hydroxylation sites is 1. The maximum absolute atomic E-state index is 5.40. The second kappa shape index (κ2) is 12.9. The minimum atomic E-state index is 0.921. The topological polar surface area (TPSA) is 17.8 Å². The normalized spacial score (nSPS) is 11.4. The van der Waals surface area contributed by atoms with Gasteiger partial charge in [0.05, 0.1) is 11.0 Å². The molecule has 10 rings (SSSR count). The van der Waals surface area contributed by atoms with E-state index in [9.17, 15) is 0 Å². The zero-order valence-electron chi connectivity index (χ0n) is 29.0. The second-order valence-electron chi connectivity index (χ2n) is 13.5. The van der Waals surface area contributed by atoms with Crippen molar-refractivity contribution in [3.63, 3.8) is 0 Å². The fourth-order valence-electron chi connectivity index (χ4n) is 7.95. The summed E-state index contributed by atoms with van der Waals surface area (Å²) in [6.45, 7) is 0. The summed E-state index contributed by atoms with van der Waals surface area (Å²) in [5.41, 5.74) is 13.8. The molecule has 0 saturated carbocycles. The zero-order valence-corrected chi connectivity index (χ0v) is 29.0. The van der Waals surface area contributed by atoms with Gasteiger partial charge in [0.15, 0.2) is 0 Å². The number of fused-ring (bicyclic) bond motifs is 3. The fraction of sp³-hybridized carbons (Fsp3) is 0. The van der Waals surface area contributed by atoms with E-state index in [4.69, 9.17) is 4.98 Å². The molecule has 1 heterocycles. The Labute approximate surface area is 308 Å².